The van der Waals surface area contributed by atoms with Gasteiger partial charge < -0.3 is 44.4 Å². The highest BCUT2D eigenvalue weighted by Gasteiger charge is 2.29. The van der Waals surface area contributed by atoms with Crippen LogP contribution in [0.1, 0.15) is 91.2 Å². The molecule has 4 N–H and O–H groups in total. The second-order valence-electron chi connectivity index (χ2n) is 15.7. The summed E-state index contributed by atoms with van der Waals surface area (Å²) in [5.41, 5.74) is 2.39. The molecule has 0 aliphatic carbocycles. The van der Waals surface area contributed by atoms with E-state index < -0.39 is 59.1 Å². The van der Waals surface area contributed by atoms with Crippen LogP contribution in [0.2, 0.25) is 0 Å². The van der Waals surface area contributed by atoms with Gasteiger partial charge in [-0.1, -0.05) is 60.7 Å². The normalized spacial score (nSPS) is 12.3. The van der Waals surface area contributed by atoms with E-state index >= 15 is 0 Å². The summed E-state index contributed by atoms with van der Waals surface area (Å²) in [6, 6.07) is 17.3. The molecule has 0 heterocycles. The Morgan fingerprint density at radius 1 is 0.600 bits per heavy atom. The first-order valence-corrected chi connectivity index (χ1v) is 20.2. The van der Waals surface area contributed by atoms with E-state index in [4.69, 9.17) is 33.3 Å². The number of ketones is 1. The van der Waals surface area contributed by atoms with Gasteiger partial charge in [0.25, 0.3) is 0 Å². The van der Waals surface area contributed by atoms with Gasteiger partial charge in [-0.15, -0.1) is 0 Å². The lowest BCUT2D eigenvalue weighted by Crippen LogP contribution is -2.43. The molecule has 0 radical (unpaired) electrons. The van der Waals surface area contributed by atoms with Crippen molar-refractivity contribution in [1.82, 2.24) is 21.4 Å². The van der Waals surface area contributed by atoms with Gasteiger partial charge >= 0.3 is 24.2 Å². The summed E-state index contributed by atoms with van der Waals surface area (Å²) in [5, 5.41) is 8.11. The lowest BCUT2D eigenvalue weighted by molar-refractivity contribution is -0.155. The molecule has 0 unspecified atom stereocenters. The molecule has 4 amide bonds. The fraction of sp³-hybridized carbons (Fsp3) is 0.581. The van der Waals surface area contributed by atoms with Gasteiger partial charge in [0.05, 0.1) is 39.1 Å². The van der Waals surface area contributed by atoms with Gasteiger partial charge in [-0.2, -0.15) is 5.48 Å². The van der Waals surface area contributed by atoms with Gasteiger partial charge in [-0.25, -0.2) is 14.4 Å². The van der Waals surface area contributed by atoms with Crippen molar-refractivity contribution >= 4 is 35.9 Å². The van der Waals surface area contributed by atoms with E-state index in [1.165, 1.54) is 0 Å². The molecule has 0 aliphatic rings. The summed E-state index contributed by atoms with van der Waals surface area (Å²) in [5.74, 6) is -2.33. The Hall–Kier alpha value is -5.26. The number of hydrogen-bond acceptors (Lipinski definition) is 13. The molecule has 2 atom stereocenters. The molecule has 2 aromatic carbocycles. The summed E-state index contributed by atoms with van der Waals surface area (Å²) < 4.78 is 32.1. The first kappa shape index (κ1) is 50.9. The van der Waals surface area contributed by atoms with Crippen LogP contribution >= 0.6 is 0 Å². The average Bonchev–Trinajstić information content (AvgIpc) is 3.18. The van der Waals surface area contributed by atoms with Crippen LogP contribution in [0.3, 0.4) is 0 Å². The maximum absolute atomic E-state index is 13.8. The molecule has 0 spiro atoms. The minimum atomic E-state index is -1.02. The Bertz CT molecular complexity index is 1580. The van der Waals surface area contributed by atoms with Crippen LogP contribution in [0.15, 0.2) is 60.7 Å². The van der Waals surface area contributed by atoms with E-state index in [1.54, 1.807) is 53.7 Å². The first-order chi connectivity index (χ1) is 28.5. The maximum atomic E-state index is 13.8. The number of nitrogens with one attached hydrogen (secondary N) is 4. The largest absolute Gasteiger partial charge is 0.460 e. The monoisotopic (exact) mass is 844 g/mol. The highest BCUT2D eigenvalue weighted by molar-refractivity contribution is 5.91. The number of alkyl carbamates (subject to hydrolysis) is 2. The smallest absolute Gasteiger partial charge is 0.431 e. The summed E-state index contributed by atoms with van der Waals surface area (Å²) in [6.45, 7) is 11.8. The Morgan fingerprint density at radius 3 is 1.77 bits per heavy atom. The zero-order valence-electron chi connectivity index (χ0n) is 35.8. The SMILES string of the molecule is CC(C)(C)OC(=O)CC[C@@H](CC(=O)[C@@H](CCCCNC(=O)OCc1ccccc1)NC(=O)OCc1ccccc1)C(=O)NCCOCCOCCONC(=O)OC(C)(C)C. The first-order valence-electron chi connectivity index (χ1n) is 20.2. The number of hydrogen-bond donors (Lipinski definition) is 4. The van der Waals surface area contributed by atoms with Crippen LogP contribution in [-0.4, -0.2) is 99.3 Å². The molecule has 17 heteroatoms. The lowest BCUT2D eigenvalue weighted by atomic mass is 9.91. The third-order valence-corrected chi connectivity index (χ3v) is 8.03. The molecule has 0 aliphatic heterocycles. The molecule has 0 fully saturated rings. The highest BCUT2D eigenvalue weighted by Crippen LogP contribution is 2.18. The quantitative estimate of drug-likeness (QED) is 0.0369. The van der Waals surface area contributed by atoms with Crippen molar-refractivity contribution in [3.05, 3.63) is 71.8 Å². The molecule has 60 heavy (non-hydrogen) atoms. The molecule has 0 aromatic heterocycles. The zero-order valence-corrected chi connectivity index (χ0v) is 35.8. The van der Waals surface area contributed by atoms with Crippen LogP contribution in [0, 0.1) is 5.92 Å². The highest BCUT2D eigenvalue weighted by atomic mass is 16.7. The van der Waals surface area contributed by atoms with E-state index in [0.717, 1.165) is 11.1 Å². The molecule has 0 bridgehead atoms. The van der Waals surface area contributed by atoms with Gasteiger partial charge in [0.1, 0.15) is 24.4 Å². The number of benzene rings is 2. The average molecular weight is 845 g/mol. The Kier molecular flexibility index (Phi) is 24.0. The minimum absolute atomic E-state index is 0.0144. The Morgan fingerprint density at radius 2 is 1.17 bits per heavy atom. The number of unbranched alkanes of at least 4 members (excludes halogenated alkanes) is 1. The van der Waals surface area contributed by atoms with Crippen LogP contribution in [0.5, 0.6) is 0 Å². The molecule has 2 aromatic rings. The standard InChI is InChI=1S/C43H64N4O13/c1-42(2,3)59-37(49)21-20-34(38(50)44-23-24-54-25-26-55-27-28-58-47-41(53)60-43(4,5)6)29-36(48)35(46-40(52)57-31-33-17-11-8-12-18-33)19-13-14-22-45-39(51)56-30-32-15-9-7-10-16-32/h7-12,15-18,34-35H,13-14,19-31H2,1-6H3,(H,44,50)(H,45,51)(H,46,52)(H,47,53)/t34-,35+/m0/s1. The predicted molar refractivity (Wildman–Crippen MR) is 220 cm³/mol. The number of carbonyl (C=O) groups is 6. The fourth-order valence-electron chi connectivity index (χ4n) is 5.28. The van der Waals surface area contributed by atoms with Gasteiger partial charge in [-0.3, -0.25) is 19.2 Å². The van der Waals surface area contributed by atoms with Crippen molar-refractivity contribution in [2.24, 2.45) is 5.92 Å². The molecular formula is C43H64N4O13. The van der Waals surface area contributed by atoms with Crippen molar-refractivity contribution in [2.75, 3.05) is 46.1 Å². The van der Waals surface area contributed by atoms with Crippen molar-refractivity contribution in [2.45, 2.75) is 111 Å². The summed E-state index contributed by atoms with van der Waals surface area (Å²) >= 11 is 0. The van der Waals surface area contributed by atoms with Crippen LogP contribution in [-0.2, 0) is 60.9 Å². The fourth-order valence-corrected chi connectivity index (χ4v) is 5.28. The van der Waals surface area contributed by atoms with E-state index in [9.17, 15) is 28.8 Å². The topological polar surface area (TPSA) is 215 Å². The molecule has 17 nitrogen and oxygen atoms in total. The van der Waals surface area contributed by atoms with Gasteiger partial charge in [0.15, 0.2) is 5.78 Å². The van der Waals surface area contributed by atoms with Crippen molar-refractivity contribution in [3.63, 3.8) is 0 Å². The lowest BCUT2D eigenvalue weighted by Gasteiger charge is -2.23. The summed E-state index contributed by atoms with van der Waals surface area (Å²) in [6.07, 6.45) is -1.37. The number of Topliss-reactive ketones (excluding diaryl/α,β-unsaturated/α-hetero) is 1. The summed E-state index contributed by atoms with van der Waals surface area (Å²) in [4.78, 5) is 81.6. The van der Waals surface area contributed by atoms with E-state index in [0.29, 0.717) is 12.8 Å². The number of hydroxylamine groups is 1. The van der Waals surface area contributed by atoms with Gasteiger partial charge in [0.2, 0.25) is 5.91 Å². The van der Waals surface area contributed by atoms with Crippen LogP contribution < -0.4 is 21.4 Å². The van der Waals surface area contributed by atoms with Crippen molar-refractivity contribution in [3.8, 4) is 0 Å². The number of rotatable bonds is 27. The molecule has 2 rings (SSSR count). The molecule has 334 valence electrons. The third kappa shape index (κ3) is 26.0. The van der Waals surface area contributed by atoms with E-state index in [-0.39, 0.29) is 85.0 Å². The number of ether oxygens (including phenoxy) is 6. The third-order valence-electron chi connectivity index (χ3n) is 8.03. The van der Waals surface area contributed by atoms with E-state index in [1.807, 2.05) is 48.5 Å². The molecule has 0 saturated heterocycles. The number of carbonyl (C=O) groups excluding carboxylic acids is 6. The van der Waals surface area contributed by atoms with Crippen LogP contribution in [0.4, 0.5) is 14.4 Å². The Labute approximate surface area is 353 Å². The van der Waals surface area contributed by atoms with Gasteiger partial charge in [-0.05, 0) is 78.4 Å². The second kappa shape index (κ2) is 28.3. The number of esters is 1. The minimum Gasteiger partial charge on any atom is -0.460 e. The van der Waals surface area contributed by atoms with E-state index in [2.05, 4.69) is 21.4 Å². The predicted octanol–water partition coefficient (Wildman–Crippen LogP) is 5.68. The van der Waals surface area contributed by atoms with Gasteiger partial charge in [0, 0.05) is 31.8 Å². The maximum Gasteiger partial charge on any atom is 0.431 e. The van der Waals surface area contributed by atoms with Crippen molar-refractivity contribution in [1.29, 1.82) is 0 Å². The second-order valence-corrected chi connectivity index (χ2v) is 15.7. The summed E-state index contributed by atoms with van der Waals surface area (Å²) in [7, 11) is 0. The molecule has 0 saturated carbocycles. The Balaban J connectivity index is 1.92. The number of amides is 4. The zero-order chi connectivity index (χ0) is 44.2. The van der Waals surface area contributed by atoms with Crippen molar-refractivity contribution < 1.29 is 62.0 Å². The van der Waals surface area contributed by atoms with Crippen LogP contribution in [0.25, 0.3) is 0 Å². The molecular weight excluding hydrogens is 780 g/mol.